The molecule has 0 bridgehead atoms. The first kappa shape index (κ1) is 13.7. The average Bonchev–Trinajstić information content (AvgIpc) is 2.44. The zero-order chi connectivity index (χ0) is 13.8. The summed E-state index contributed by atoms with van der Waals surface area (Å²) in [5, 5.41) is 0. The first-order valence-electron chi connectivity index (χ1n) is 6.25. The molecule has 0 aliphatic rings. The van der Waals surface area contributed by atoms with E-state index in [9.17, 15) is 0 Å². The van der Waals surface area contributed by atoms with E-state index in [4.69, 9.17) is 9.47 Å². The molecule has 1 aromatic heterocycles. The Hall–Kier alpha value is -1.71. The topological polar surface area (TPSA) is 31.4 Å². The fourth-order valence-electron chi connectivity index (χ4n) is 1.97. The second-order valence-electron chi connectivity index (χ2n) is 4.57. The number of rotatable bonds is 4. The predicted octanol–water partition coefficient (Wildman–Crippen LogP) is 3.66. The fraction of sp³-hybridized carbons (Fsp3) is 0.312. The Morgan fingerprint density at radius 3 is 2.11 bits per heavy atom. The van der Waals surface area contributed by atoms with E-state index in [0.717, 1.165) is 11.3 Å². The number of methoxy groups -OCH3 is 2. The molecule has 0 aliphatic heterocycles. The minimum absolute atomic E-state index is 0.409. The Morgan fingerprint density at radius 1 is 0.895 bits per heavy atom. The first-order chi connectivity index (χ1) is 9.15. The summed E-state index contributed by atoms with van der Waals surface area (Å²) in [7, 11) is 3.21. The monoisotopic (exact) mass is 257 g/mol. The van der Waals surface area contributed by atoms with Crippen LogP contribution in [0.3, 0.4) is 0 Å². The lowest BCUT2D eigenvalue weighted by molar-refractivity contribution is -0.108. The van der Waals surface area contributed by atoms with E-state index in [-0.39, 0.29) is 0 Å². The molecule has 2 rings (SSSR count). The largest absolute Gasteiger partial charge is 0.350 e. The predicted molar refractivity (Wildman–Crippen MR) is 75.9 cm³/mol. The van der Waals surface area contributed by atoms with Crippen LogP contribution in [0.2, 0.25) is 0 Å². The number of benzene rings is 1. The Labute approximate surface area is 114 Å². The molecule has 3 heteroatoms. The number of hydrogen-bond acceptors (Lipinski definition) is 3. The van der Waals surface area contributed by atoms with Gasteiger partial charge in [0.25, 0.3) is 0 Å². The maximum absolute atomic E-state index is 5.18. The minimum atomic E-state index is -0.409. The first-order valence-corrected chi connectivity index (χ1v) is 6.25. The van der Waals surface area contributed by atoms with Crippen molar-refractivity contribution in [2.75, 3.05) is 14.2 Å². The summed E-state index contributed by atoms with van der Waals surface area (Å²) < 4.78 is 10.4. The van der Waals surface area contributed by atoms with E-state index >= 15 is 0 Å². The third-order valence-electron chi connectivity index (χ3n) is 3.30. The van der Waals surface area contributed by atoms with Gasteiger partial charge in [-0.25, -0.2) is 0 Å². The highest BCUT2D eigenvalue weighted by atomic mass is 16.7. The Morgan fingerprint density at radius 2 is 1.58 bits per heavy atom. The lowest BCUT2D eigenvalue weighted by atomic mass is 10.0. The van der Waals surface area contributed by atoms with Gasteiger partial charge >= 0.3 is 0 Å². The summed E-state index contributed by atoms with van der Waals surface area (Å²) in [5.74, 6) is 0. The molecular formula is C16H19NO2. The van der Waals surface area contributed by atoms with E-state index in [1.807, 2.05) is 18.3 Å². The van der Waals surface area contributed by atoms with Crippen LogP contribution in [-0.4, -0.2) is 19.2 Å². The molecule has 1 aromatic carbocycles. The number of aryl methyl sites for hydroxylation is 2. The average molecular weight is 257 g/mol. The van der Waals surface area contributed by atoms with Crippen LogP contribution < -0.4 is 0 Å². The third-order valence-corrected chi connectivity index (χ3v) is 3.30. The molecular weight excluding hydrogens is 238 g/mol. The molecule has 0 spiro atoms. The van der Waals surface area contributed by atoms with Crippen LogP contribution in [0.1, 0.15) is 23.1 Å². The molecule has 0 aliphatic carbocycles. The summed E-state index contributed by atoms with van der Waals surface area (Å²) in [6, 6.07) is 10.4. The van der Waals surface area contributed by atoms with Crippen LogP contribution in [0.4, 0.5) is 0 Å². The van der Waals surface area contributed by atoms with Gasteiger partial charge in [0.15, 0.2) is 0 Å². The van der Waals surface area contributed by atoms with Crippen LogP contribution in [-0.2, 0) is 9.47 Å². The molecule has 19 heavy (non-hydrogen) atoms. The highest BCUT2D eigenvalue weighted by molar-refractivity contribution is 5.64. The summed E-state index contributed by atoms with van der Waals surface area (Å²) in [6.07, 6.45) is 1.44. The van der Waals surface area contributed by atoms with Crippen molar-refractivity contribution in [3.8, 4) is 11.1 Å². The second-order valence-corrected chi connectivity index (χ2v) is 4.57. The zero-order valence-electron chi connectivity index (χ0n) is 11.8. The molecule has 0 unspecified atom stereocenters. The second kappa shape index (κ2) is 5.95. The summed E-state index contributed by atoms with van der Waals surface area (Å²) in [5.41, 5.74) is 5.63. The maximum Gasteiger partial charge on any atom is 0.200 e. The molecule has 0 radical (unpaired) electrons. The van der Waals surface area contributed by atoms with Crippen molar-refractivity contribution in [1.29, 1.82) is 0 Å². The Balaban J connectivity index is 2.29. The van der Waals surface area contributed by atoms with E-state index < -0.39 is 6.29 Å². The van der Waals surface area contributed by atoms with Crippen LogP contribution in [0.25, 0.3) is 11.1 Å². The molecule has 1 heterocycles. The number of ether oxygens (including phenoxy) is 2. The normalized spacial score (nSPS) is 11.0. The molecule has 0 atom stereocenters. The quantitative estimate of drug-likeness (QED) is 0.783. The van der Waals surface area contributed by atoms with Crippen molar-refractivity contribution in [1.82, 2.24) is 4.98 Å². The van der Waals surface area contributed by atoms with Crippen LogP contribution in [0.15, 0.2) is 36.5 Å². The Bertz CT molecular complexity index is 545. The summed E-state index contributed by atoms with van der Waals surface area (Å²) >= 11 is 0. The van der Waals surface area contributed by atoms with Crippen LogP contribution in [0, 0.1) is 13.8 Å². The summed E-state index contributed by atoms with van der Waals surface area (Å²) in [6.45, 7) is 4.23. The number of pyridine rings is 1. The van der Waals surface area contributed by atoms with Gasteiger partial charge in [-0.2, -0.15) is 0 Å². The van der Waals surface area contributed by atoms with Gasteiger partial charge in [-0.3, -0.25) is 4.98 Å². The lowest BCUT2D eigenvalue weighted by Crippen LogP contribution is -2.05. The molecule has 2 aromatic rings. The van der Waals surface area contributed by atoms with Gasteiger partial charge < -0.3 is 9.47 Å². The highest BCUT2D eigenvalue weighted by Gasteiger charge is 2.10. The zero-order valence-corrected chi connectivity index (χ0v) is 11.8. The molecule has 0 fully saturated rings. The van der Waals surface area contributed by atoms with Crippen molar-refractivity contribution < 1.29 is 9.47 Å². The number of hydrogen-bond donors (Lipinski definition) is 0. The van der Waals surface area contributed by atoms with Gasteiger partial charge in [-0.05, 0) is 36.6 Å². The number of aromatic nitrogens is 1. The van der Waals surface area contributed by atoms with Crippen LogP contribution in [0.5, 0.6) is 0 Å². The van der Waals surface area contributed by atoms with E-state index in [1.165, 1.54) is 16.7 Å². The van der Waals surface area contributed by atoms with E-state index in [0.29, 0.717) is 0 Å². The maximum atomic E-state index is 5.18. The molecule has 0 amide bonds. The van der Waals surface area contributed by atoms with E-state index in [2.05, 4.69) is 37.0 Å². The van der Waals surface area contributed by atoms with Crippen molar-refractivity contribution in [2.45, 2.75) is 20.1 Å². The van der Waals surface area contributed by atoms with Gasteiger partial charge in [0.1, 0.15) is 0 Å². The van der Waals surface area contributed by atoms with Gasteiger partial charge in [0.05, 0.1) is 5.69 Å². The standard InChI is InChI=1S/C16H19NO2/c1-11-5-6-13(9-12(11)2)14-7-8-15(17-10-14)16(18-3)19-4/h5-10,16H,1-4H3. The van der Waals surface area contributed by atoms with Crippen molar-refractivity contribution in [2.24, 2.45) is 0 Å². The van der Waals surface area contributed by atoms with Gasteiger partial charge in [0.2, 0.25) is 6.29 Å². The minimum Gasteiger partial charge on any atom is -0.350 e. The molecule has 0 saturated carbocycles. The van der Waals surface area contributed by atoms with Crippen molar-refractivity contribution >= 4 is 0 Å². The fourth-order valence-corrected chi connectivity index (χ4v) is 1.97. The van der Waals surface area contributed by atoms with Gasteiger partial charge in [0, 0.05) is 26.0 Å². The highest BCUT2D eigenvalue weighted by Crippen LogP contribution is 2.23. The lowest BCUT2D eigenvalue weighted by Gasteiger charge is -2.13. The molecule has 0 saturated heterocycles. The van der Waals surface area contributed by atoms with Crippen molar-refractivity contribution in [3.63, 3.8) is 0 Å². The van der Waals surface area contributed by atoms with Crippen molar-refractivity contribution in [3.05, 3.63) is 53.3 Å². The molecule has 3 nitrogen and oxygen atoms in total. The van der Waals surface area contributed by atoms with Gasteiger partial charge in [-0.15, -0.1) is 0 Å². The molecule has 0 N–H and O–H groups in total. The third kappa shape index (κ3) is 3.00. The summed E-state index contributed by atoms with van der Waals surface area (Å²) in [4.78, 5) is 4.40. The smallest absolute Gasteiger partial charge is 0.200 e. The molecule has 100 valence electrons. The van der Waals surface area contributed by atoms with Crippen LogP contribution >= 0.6 is 0 Å². The van der Waals surface area contributed by atoms with Gasteiger partial charge in [-0.1, -0.05) is 24.3 Å². The Kier molecular flexibility index (Phi) is 4.30. The van der Waals surface area contributed by atoms with E-state index in [1.54, 1.807) is 14.2 Å². The SMILES string of the molecule is COC(OC)c1ccc(-c2ccc(C)c(C)c2)cn1. The number of nitrogens with zero attached hydrogens (tertiary/aromatic N) is 1.